The number of hydrogen-bond donors (Lipinski definition) is 1. The van der Waals surface area contributed by atoms with Crippen LogP contribution in [0.1, 0.15) is 31.4 Å². The summed E-state index contributed by atoms with van der Waals surface area (Å²) in [5, 5.41) is 0. The van der Waals surface area contributed by atoms with Crippen molar-refractivity contribution in [3.63, 3.8) is 0 Å². The van der Waals surface area contributed by atoms with Gasteiger partial charge in [0.25, 0.3) is 0 Å². The lowest BCUT2D eigenvalue weighted by Gasteiger charge is -2.15. The highest BCUT2D eigenvalue weighted by molar-refractivity contribution is 5.19. The monoisotopic (exact) mass is 235 g/mol. The number of aromatic nitrogens is 1. The van der Waals surface area contributed by atoms with E-state index in [1.165, 1.54) is 12.8 Å². The maximum Gasteiger partial charge on any atom is 0.213 e. The van der Waals surface area contributed by atoms with Gasteiger partial charge in [-0.25, -0.2) is 4.98 Å². The minimum atomic E-state index is 0.0255. The Balaban J connectivity index is 1.74. The van der Waals surface area contributed by atoms with Crippen LogP contribution in [0.2, 0.25) is 0 Å². The SMILES string of the molecule is C[C@@H](N)c1ccc(OCCN(C)C2CC2)nc1. The zero-order valence-corrected chi connectivity index (χ0v) is 10.6. The molecule has 0 aliphatic heterocycles. The molecular formula is C13H21N3O. The average molecular weight is 235 g/mol. The van der Waals surface area contributed by atoms with Gasteiger partial charge >= 0.3 is 0 Å². The minimum absolute atomic E-state index is 0.0255. The molecule has 4 heteroatoms. The van der Waals surface area contributed by atoms with Crippen LogP contribution in [-0.4, -0.2) is 36.1 Å². The van der Waals surface area contributed by atoms with Gasteiger partial charge in [-0.1, -0.05) is 6.07 Å². The Morgan fingerprint density at radius 1 is 1.53 bits per heavy atom. The van der Waals surface area contributed by atoms with Gasteiger partial charge in [-0.3, -0.25) is 0 Å². The minimum Gasteiger partial charge on any atom is -0.476 e. The molecular weight excluding hydrogens is 214 g/mol. The Morgan fingerprint density at radius 3 is 2.82 bits per heavy atom. The molecule has 1 saturated carbocycles. The molecule has 1 fully saturated rings. The Hall–Kier alpha value is -1.13. The second-order valence-corrected chi connectivity index (χ2v) is 4.78. The zero-order chi connectivity index (χ0) is 12.3. The zero-order valence-electron chi connectivity index (χ0n) is 10.6. The fourth-order valence-corrected chi connectivity index (χ4v) is 1.74. The smallest absolute Gasteiger partial charge is 0.213 e. The number of ether oxygens (including phenoxy) is 1. The van der Waals surface area contributed by atoms with Crippen LogP contribution in [0.4, 0.5) is 0 Å². The van der Waals surface area contributed by atoms with E-state index >= 15 is 0 Å². The second-order valence-electron chi connectivity index (χ2n) is 4.78. The van der Waals surface area contributed by atoms with Crippen molar-refractivity contribution >= 4 is 0 Å². The molecule has 0 bridgehead atoms. The van der Waals surface area contributed by atoms with Gasteiger partial charge in [0.05, 0.1) is 0 Å². The molecule has 1 heterocycles. The van der Waals surface area contributed by atoms with Crippen molar-refractivity contribution in [3.05, 3.63) is 23.9 Å². The van der Waals surface area contributed by atoms with Crippen molar-refractivity contribution in [2.75, 3.05) is 20.2 Å². The predicted molar refractivity (Wildman–Crippen MR) is 68.0 cm³/mol. The van der Waals surface area contributed by atoms with Crippen molar-refractivity contribution in [2.45, 2.75) is 31.8 Å². The number of nitrogens with zero attached hydrogens (tertiary/aromatic N) is 2. The van der Waals surface area contributed by atoms with E-state index in [9.17, 15) is 0 Å². The van der Waals surface area contributed by atoms with Crippen LogP contribution in [0.3, 0.4) is 0 Å². The molecule has 1 aromatic rings. The number of nitrogens with two attached hydrogens (primary N) is 1. The summed E-state index contributed by atoms with van der Waals surface area (Å²) in [6, 6.07) is 4.66. The highest BCUT2D eigenvalue weighted by Gasteiger charge is 2.25. The normalized spacial score (nSPS) is 17.2. The van der Waals surface area contributed by atoms with Crippen LogP contribution in [0.15, 0.2) is 18.3 Å². The molecule has 0 spiro atoms. The van der Waals surface area contributed by atoms with E-state index in [4.69, 9.17) is 10.5 Å². The van der Waals surface area contributed by atoms with Crippen LogP contribution in [0.5, 0.6) is 5.88 Å². The number of rotatable bonds is 6. The Labute approximate surface area is 103 Å². The van der Waals surface area contributed by atoms with Crippen LogP contribution in [-0.2, 0) is 0 Å². The second kappa shape index (κ2) is 5.47. The van der Waals surface area contributed by atoms with Gasteiger partial charge < -0.3 is 15.4 Å². The first-order valence-electron chi connectivity index (χ1n) is 6.21. The van der Waals surface area contributed by atoms with Gasteiger partial charge in [0, 0.05) is 30.9 Å². The molecule has 17 heavy (non-hydrogen) atoms. The highest BCUT2D eigenvalue weighted by atomic mass is 16.5. The summed E-state index contributed by atoms with van der Waals surface area (Å²) in [5.74, 6) is 0.679. The van der Waals surface area contributed by atoms with Gasteiger partial charge in [0.15, 0.2) is 0 Å². The van der Waals surface area contributed by atoms with Crippen molar-refractivity contribution in [1.82, 2.24) is 9.88 Å². The van der Waals surface area contributed by atoms with Crippen molar-refractivity contribution in [2.24, 2.45) is 5.73 Å². The largest absolute Gasteiger partial charge is 0.476 e. The van der Waals surface area contributed by atoms with Crippen molar-refractivity contribution in [1.29, 1.82) is 0 Å². The van der Waals surface area contributed by atoms with Gasteiger partial charge in [-0.15, -0.1) is 0 Å². The molecule has 0 radical (unpaired) electrons. The molecule has 2 rings (SSSR count). The third-order valence-electron chi connectivity index (χ3n) is 3.15. The summed E-state index contributed by atoms with van der Waals surface area (Å²) in [7, 11) is 2.15. The molecule has 94 valence electrons. The molecule has 1 aliphatic carbocycles. The quantitative estimate of drug-likeness (QED) is 0.813. The molecule has 0 amide bonds. The molecule has 1 aliphatic rings. The summed E-state index contributed by atoms with van der Waals surface area (Å²) in [4.78, 5) is 6.58. The summed E-state index contributed by atoms with van der Waals surface area (Å²) in [6.45, 7) is 3.60. The maximum atomic E-state index is 5.76. The van der Waals surface area contributed by atoms with Crippen molar-refractivity contribution in [3.8, 4) is 5.88 Å². The van der Waals surface area contributed by atoms with Crippen LogP contribution >= 0.6 is 0 Å². The van der Waals surface area contributed by atoms with Gasteiger partial charge in [-0.05, 0) is 32.4 Å². The summed E-state index contributed by atoms with van der Waals surface area (Å²) in [6.07, 6.45) is 4.44. The number of pyridine rings is 1. The molecule has 0 saturated heterocycles. The van der Waals surface area contributed by atoms with E-state index < -0.39 is 0 Å². The van der Waals surface area contributed by atoms with Crippen LogP contribution in [0, 0.1) is 0 Å². The fraction of sp³-hybridized carbons (Fsp3) is 0.615. The van der Waals surface area contributed by atoms with E-state index in [0.717, 1.165) is 18.2 Å². The Kier molecular flexibility index (Phi) is 3.97. The van der Waals surface area contributed by atoms with Gasteiger partial charge in [0.2, 0.25) is 5.88 Å². The molecule has 0 unspecified atom stereocenters. The van der Waals surface area contributed by atoms with Gasteiger partial charge in [0.1, 0.15) is 6.61 Å². The standard InChI is InChI=1S/C13H21N3O/c1-10(14)11-3-6-13(15-9-11)17-8-7-16(2)12-4-5-12/h3,6,9-10,12H,4-5,7-8,14H2,1-2H3/t10-/m1/s1. The summed E-state index contributed by atoms with van der Waals surface area (Å²) < 4.78 is 5.60. The molecule has 1 aromatic heterocycles. The average Bonchev–Trinajstić information content (AvgIpc) is 3.13. The van der Waals surface area contributed by atoms with Crippen LogP contribution < -0.4 is 10.5 Å². The van der Waals surface area contributed by atoms with Crippen LogP contribution in [0.25, 0.3) is 0 Å². The Bertz CT molecular complexity index is 346. The molecule has 4 nitrogen and oxygen atoms in total. The Morgan fingerprint density at radius 2 is 2.29 bits per heavy atom. The lowest BCUT2D eigenvalue weighted by Crippen LogP contribution is -2.26. The third kappa shape index (κ3) is 3.68. The van der Waals surface area contributed by atoms with E-state index in [1.807, 2.05) is 19.1 Å². The summed E-state index contributed by atoms with van der Waals surface area (Å²) >= 11 is 0. The molecule has 2 N–H and O–H groups in total. The number of likely N-dealkylation sites (N-methyl/N-ethyl adjacent to an activating group) is 1. The molecule has 1 atom stereocenters. The lowest BCUT2D eigenvalue weighted by molar-refractivity contribution is 0.226. The van der Waals surface area contributed by atoms with Gasteiger partial charge in [-0.2, -0.15) is 0 Å². The fourth-order valence-electron chi connectivity index (χ4n) is 1.74. The highest BCUT2D eigenvalue weighted by Crippen LogP contribution is 2.24. The van der Waals surface area contributed by atoms with E-state index in [0.29, 0.717) is 12.5 Å². The maximum absolute atomic E-state index is 5.76. The third-order valence-corrected chi connectivity index (χ3v) is 3.15. The molecule has 0 aromatic carbocycles. The predicted octanol–water partition coefficient (Wildman–Crippen LogP) is 1.57. The number of hydrogen-bond acceptors (Lipinski definition) is 4. The van der Waals surface area contributed by atoms with E-state index in [1.54, 1.807) is 6.20 Å². The lowest BCUT2D eigenvalue weighted by atomic mass is 10.2. The first-order chi connectivity index (χ1) is 8.16. The topological polar surface area (TPSA) is 51.4 Å². The first kappa shape index (κ1) is 12.3. The summed E-state index contributed by atoms with van der Waals surface area (Å²) in [5.41, 5.74) is 6.79. The van der Waals surface area contributed by atoms with E-state index in [2.05, 4.69) is 16.9 Å². The van der Waals surface area contributed by atoms with Crippen molar-refractivity contribution < 1.29 is 4.74 Å². The van der Waals surface area contributed by atoms with E-state index in [-0.39, 0.29) is 6.04 Å². The first-order valence-corrected chi connectivity index (χ1v) is 6.21.